The van der Waals surface area contributed by atoms with Crippen LogP contribution in [0.5, 0.6) is 0 Å². The number of hydrogen-bond acceptors (Lipinski definition) is 3. The zero-order valence-corrected chi connectivity index (χ0v) is 10.3. The molecule has 1 aliphatic rings. The number of Topliss-reactive ketones (excluding diaryl/α,β-unsaturated/α-hetero) is 1. The molecule has 0 aromatic heterocycles. The fourth-order valence-electron chi connectivity index (χ4n) is 1.66. The van der Waals surface area contributed by atoms with Crippen LogP contribution >= 0.6 is 11.8 Å². The molecule has 1 rings (SSSR count). The Balaban J connectivity index is 2.18. The number of carbonyl (C=O) groups excluding carboxylic acids is 2. The minimum Gasteiger partial charge on any atom is -0.355 e. The van der Waals surface area contributed by atoms with Crippen molar-refractivity contribution in [1.29, 1.82) is 0 Å². The number of rotatable bonds is 6. The van der Waals surface area contributed by atoms with Crippen LogP contribution in [-0.2, 0) is 9.59 Å². The second-order valence-corrected chi connectivity index (χ2v) is 5.49. The second kappa shape index (κ2) is 5.54. The van der Waals surface area contributed by atoms with E-state index < -0.39 is 0 Å². The van der Waals surface area contributed by atoms with Gasteiger partial charge in [0.2, 0.25) is 5.91 Å². The first-order chi connectivity index (χ1) is 7.08. The lowest BCUT2D eigenvalue weighted by molar-refractivity contribution is -0.124. The Bertz CT molecular complexity index is 243. The first-order valence-corrected chi connectivity index (χ1v) is 6.62. The molecule has 4 heteroatoms. The van der Waals surface area contributed by atoms with E-state index in [4.69, 9.17) is 0 Å². The zero-order chi connectivity index (χ0) is 11.3. The molecule has 1 N–H and O–H groups in total. The van der Waals surface area contributed by atoms with Crippen LogP contribution in [0, 0.1) is 0 Å². The molecule has 15 heavy (non-hydrogen) atoms. The third-order valence-electron chi connectivity index (χ3n) is 3.01. The zero-order valence-electron chi connectivity index (χ0n) is 9.47. The quantitative estimate of drug-likeness (QED) is 0.755. The molecule has 86 valence electrons. The molecule has 0 bridgehead atoms. The van der Waals surface area contributed by atoms with Gasteiger partial charge in [-0.3, -0.25) is 4.79 Å². The largest absolute Gasteiger partial charge is 0.355 e. The van der Waals surface area contributed by atoms with Crippen LogP contribution in [0.2, 0.25) is 0 Å². The monoisotopic (exact) mass is 229 g/mol. The average molecular weight is 229 g/mol. The molecular formula is C11H19NO2S. The molecular weight excluding hydrogens is 210 g/mol. The maximum Gasteiger partial charge on any atom is 0.220 e. The van der Waals surface area contributed by atoms with Gasteiger partial charge in [0.25, 0.3) is 0 Å². The molecule has 0 unspecified atom stereocenters. The molecule has 0 atom stereocenters. The van der Waals surface area contributed by atoms with Crippen molar-refractivity contribution in [3.63, 3.8) is 0 Å². The van der Waals surface area contributed by atoms with Crippen molar-refractivity contribution in [3.8, 4) is 0 Å². The third kappa shape index (κ3) is 3.86. The van der Waals surface area contributed by atoms with Gasteiger partial charge in [0, 0.05) is 24.1 Å². The summed E-state index contributed by atoms with van der Waals surface area (Å²) in [6, 6.07) is 0. The molecule has 1 fully saturated rings. The number of thioether (sulfide) groups is 1. The van der Waals surface area contributed by atoms with Crippen molar-refractivity contribution in [3.05, 3.63) is 0 Å². The van der Waals surface area contributed by atoms with Crippen LogP contribution in [0.4, 0.5) is 0 Å². The second-order valence-electron chi connectivity index (χ2n) is 4.22. The van der Waals surface area contributed by atoms with E-state index in [1.165, 1.54) is 26.2 Å². The van der Waals surface area contributed by atoms with Gasteiger partial charge in [0.1, 0.15) is 5.78 Å². The Hall–Kier alpha value is -0.510. The molecule has 1 saturated carbocycles. The summed E-state index contributed by atoms with van der Waals surface area (Å²) in [7, 11) is 0. The van der Waals surface area contributed by atoms with Crippen LogP contribution in [-0.4, -0.2) is 29.2 Å². The van der Waals surface area contributed by atoms with E-state index in [2.05, 4.69) is 11.6 Å². The van der Waals surface area contributed by atoms with Crippen molar-refractivity contribution >= 4 is 23.5 Å². The molecule has 0 aromatic carbocycles. The minimum absolute atomic E-state index is 0.00512. The summed E-state index contributed by atoms with van der Waals surface area (Å²) in [5.41, 5.74) is 0. The lowest BCUT2D eigenvalue weighted by Crippen LogP contribution is -2.45. The Labute approximate surface area is 95.4 Å². The predicted molar refractivity (Wildman–Crippen MR) is 63.0 cm³/mol. The molecule has 0 aromatic rings. The van der Waals surface area contributed by atoms with Gasteiger partial charge in [-0.15, -0.1) is 0 Å². The molecule has 1 aliphatic carbocycles. The van der Waals surface area contributed by atoms with Crippen molar-refractivity contribution in [2.75, 3.05) is 12.8 Å². The fourth-order valence-corrected chi connectivity index (χ4v) is 2.58. The highest BCUT2D eigenvalue weighted by atomic mass is 32.2. The van der Waals surface area contributed by atoms with Gasteiger partial charge in [-0.2, -0.15) is 11.8 Å². The summed E-state index contributed by atoms with van der Waals surface area (Å²) >= 11 is 1.84. The molecule has 0 radical (unpaired) electrons. The first kappa shape index (κ1) is 12.6. The van der Waals surface area contributed by atoms with Gasteiger partial charge < -0.3 is 10.1 Å². The Morgan fingerprint density at radius 3 is 2.40 bits per heavy atom. The summed E-state index contributed by atoms with van der Waals surface area (Å²) in [4.78, 5) is 22.1. The standard InChI is InChI=1S/C11H19NO2S/c1-9(13)4-5-10(14)12-8-11(15-2)6-3-7-11/h3-8H2,1-2H3,(H,12,14). The van der Waals surface area contributed by atoms with E-state index >= 15 is 0 Å². The lowest BCUT2D eigenvalue weighted by Gasteiger charge is -2.40. The van der Waals surface area contributed by atoms with Crippen LogP contribution < -0.4 is 5.32 Å². The van der Waals surface area contributed by atoms with E-state index in [1.54, 1.807) is 0 Å². The van der Waals surface area contributed by atoms with Gasteiger partial charge in [-0.05, 0) is 26.0 Å². The lowest BCUT2D eigenvalue weighted by atomic mass is 9.84. The summed E-state index contributed by atoms with van der Waals surface area (Å²) in [5, 5.41) is 2.92. The van der Waals surface area contributed by atoms with Gasteiger partial charge >= 0.3 is 0 Å². The first-order valence-electron chi connectivity index (χ1n) is 5.39. The summed E-state index contributed by atoms with van der Waals surface area (Å²) in [6.45, 7) is 2.27. The number of nitrogens with one attached hydrogen (secondary N) is 1. The summed E-state index contributed by atoms with van der Waals surface area (Å²) in [6.07, 6.45) is 6.45. The van der Waals surface area contributed by atoms with Crippen LogP contribution in [0.15, 0.2) is 0 Å². The number of hydrogen-bond donors (Lipinski definition) is 1. The van der Waals surface area contributed by atoms with E-state index in [-0.39, 0.29) is 16.4 Å². The van der Waals surface area contributed by atoms with Crippen molar-refractivity contribution in [2.45, 2.75) is 43.8 Å². The van der Waals surface area contributed by atoms with Crippen LogP contribution in [0.25, 0.3) is 0 Å². The highest BCUT2D eigenvalue weighted by molar-refractivity contribution is 8.00. The Kier molecular flexibility index (Phi) is 4.64. The van der Waals surface area contributed by atoms with Crippen LogP contribution in [0.3, 0.4) is 0 Å². The maximum atomic E-state index is 11.4. The molecule has 0 spiro atoms. The number of amides is 1. The van der Waals surface area contributed by atoms with Crippen molar-refractivity contribution in [2.24, 2.45) is 0 Å². The summed E-state index contributed by atoms with van der Waals surface area (Å²) in [5.74, 6) is 0.0823. The molecule has 3 nitrogen and oxygen atoms in total. The minimum atomic E-state index is 0.00512. The molecule has 1 amide bonds. The van der Waals surface area contributed by atoms with Gasteiger partial charge in [0.15, 0.2) is 0 Å². The SMILES string of the molecule is CSC1(CNC(=O)CCC(C)=O)CCC1. The molecule has 0 heterocycles. The van der Waals surface area contributed by atoms with E-state index in [1.807, 2.05) is 11.8 Å². The third-order valence-corrected chi connectivity index (χ3v) is 4.43. The predicted octanol–water partition coefficient (Wildman–Crippen LogP) is 1.76. The van der Waals surface area contributed by atoms with Gasteiger partial charge in [-0.25, -0.2) is 0 Å². The van der Waals surface area contributed by atoms with Crippen molar-refractivity contribution in [1.82, 2.24) is 5.32 Å². The highest BCUT2D eigenvalue weighted by Crippen LogP contribution is 2.42. The van der Waals surface area contributed by atoms with Crippen molar-refractivity contribution < 1.29 is 9.59 Å². The fraction of sp³-hybridized carbons (Fsp3) is 0.818. The number of carbonyl (C=O) groups is 2. The topological polar surface area (TPSA) is 46.2 Å². The Morgan fingerprint density at radius 1 is 1.33 bits per heavy atom. The normalized spacial score (nSPS) is 18.0. The number of ketones is 1. The van der Waals surface area contributed by atoms with Gasteiger partial charge in [-0.1, -0.05) is 6.42 Å². The van der Waals surface area contributed by atoms with Gasteiger partial charge in [0.05, 0.1) is 0 Å². The Morgan fingerprint density at radius 2 is 2.00 bits per heavy atom. The molecule has 0 saturated heterocycles. The molecule has 0 aliphatic heterocycles. The smallest absolute Gasteiger partial charge is 0.220 e. The highest BCUT2D eigenvalue weighted by Gasteiger charge is 2.36. The van der Waals surface area contributed by atoms with E-state index in [0.717, 1.165) is 6.54 Å². The average Bonchev–Trinajstić information content (AvgIpc) is 2.14. The van der Waals surface area contributed by atoms with E-state index in [9.17, 15) is 9.59 Å². The maximum absolute atomic E-state index is 11.4. The summed E-state index contributed by atoms with van der Waals surface area (Å²) < 4.78 is 0.284. The van der Waals surface area contributed by atoms with E-state index in [0.29, 0.717) is 12.8 Å². The van der Waals surface area contributed by atoms with Crippen LogP contribution in [0.1, 0.15) is 39.0 Å².